The first-order valence-corrected chi connectivity index (χ1v) is 10.5. The van der Waals surface area contributed by atoms with Gasteiger partial charge in [-0.15, -0.1) is 0 Å². The summed E-state index contributed by atoms with van der Waals surface area (Å²) in [6, 6.07) is 16.6. The Kier molecular flexibility index (Phi) is 6.63. The van der Waals surface area contributed by atoms with Crippen molar-refractivity contribution >= 4 is 44.3 Å². The molecule has 27 heavy (non-hydrogen) atoms. The minimum absolute atomic E-state index is 0.817. The number of hydrazone groups is 1. The molecule has 0 unspecified atom stereocenters. The number of aromatic nitrogens is 1. The van der Waals surface area contributed by atoms with Gasteiger partial charge in [0.25, 0.3) is 0 Å². The second-order valence-corrected chi connectivity index (χ2v) is 8.40. The zero-order valence-corrected chi connectivity index (χ0v) is 18.1. The molecule has 1 heterocycles. The van der Waals surface area contributed by atoms with Crippen LogP contribution >= 0.6 is 27.3 Å². The summed E-state index contributed by atoms with van der Waals surface area (Å²) in [6.45, 7) is 2.19. The molecule has 1 N–H and O–H groups in total. The largest absolute Gasteiger partial charge is 0.378 e. The molecule has 140 valence electrons. The molecule has 6 heteroatoms. The molecule has 0 saturated carbocycles. The molecule has 0 aliphatic rings. The summed E-state index contributed by atoms with van der Waals surface area (Å²) < 4.78 is 1.07. The molecular weight excluding hydrogens is 420 g/mol. The van der Waals surface area contributed by atoms with Crippen LogP contribution in [0.5, 0.6) is 0 Å². The monoisotopic (exact) mass is 442 g/mol. The Morgan fingerprint density at radius 3 is 2.44 bits per heavy atom. The van der Waals surface area contributed by atoms with Gasteiger partial charge in [0.1, 0.15) is 0 Å². The zero-order valence-electron chi connectivity index (χ0n) is 15.7. The van der Waals surface area contributed by atoms with Crippen LogP contribution in [0, 0.1) is 0 Å². The molecular formula is C21H23BrN4S. The highest BCUT2D eigenvalue weighted by atomic mass is 79.9. The van der Waals surface area contributed by atoms with Gasteiger partial charge in [-0.1, -0.05) is 64.9 Å². The second kappa shape index (κ2) is 9.15. The maximum Gasteiger partial charge on any atom is 0.204 e. The topological polar surface area (TPSA) is 40.5 Å². The molecule has 0 bridgehead atoms. The maximum atomic E-state index is 4.77. The predicted octanol–water partition coefficient (Wildman–Crippen LogP) is 6.04. The van der Waals surface area contributed by atoms with Crippen LogP contribution in [0.3, 0.4) is 0 Å². The normalized spacial score (nSPS) is 11.1. The van der Waals surface area contributed by atoms with Gasteiger partial charge in [0, 0.05) is 34.7 Å². The fourth-order valence-corrected chi connectivity index (χ4v) is 3.95. The molecule has 2 aromatic carbocycles. The summed E-state index contributed by atoms with van der Waals surface area (Å²) in [5.41, 5.74) is 7.48. The van der Waals surface area contributed by atoms with Gasteiger partial charge in [-0.05, 0) is 36.2 Å². The summed E-state index contributed by atoms with van der Waals surface area (Å²) in [5, 5.41) is 5.18. The van der Waals surface area contributed by atoms with E-state index in [0.29, 0.717) is 0 Å². The number of benzene rings is 2. The molecule has 0 atom stereocenters. The zero-order chi connectivity index (χ0) is 19.2. The van der Waals surface area contributed by atoms with Crippen LogP contribution in [-0.4, -0.2) is 25.3 Å². The van der Waals surface area contributed by atoms with Gasteiger partial charge < -0.3 is 4.90 Å². The van der Waals surface area contributed by atoms with Gasteiger partial charge >= 0.3 is 0 Å². The minimum Gasteiger partial charge on any atom is -0.378 e. The number of thiazole rings is 1. The van der Waals surface area contributed by atoms with Crippen molar-refractivity contribution in [2.45, 2.75) is 19.8 Å². The maximum absolute atomic E-state index is 4.77. The average Bonchev–Trinajstić information content (AvgIpc) is 3.06. The number of hydrogen-bond acceptors (Lipinski definition) is 5. The van der Waals surface area contributed by atoms with E-state index in [1.807, 2.05) is 32.4 Å². The second-order valence-electron chi connectivity index (χ2n) is 6.40. The highest BCUT2D eigenvalue weighted by Crippen LogP contribution is 2.32. The lowest BCUT2D eigenvalue weighted by atomic mass is 10.1. The number of nitrogens with zero attached hydrogens (tertiary/aromatic N) is 3. The molecule has 0 radical (unpaired) electrons. The van der Waals surface area contributed by atoms with Crippen molar-refractivity contribution in [3.05, 3.63) is 63.4 Å². The predicted molar refractivity (Wildman–Crippen MR) is 121 cm³/mol. The molecule has 0 aliphatic carbocycles. The van der Waals surface area contributed by atoms with E-state index < -0.39 is 0 Å². The summed E-state index contributed by atoms with van der Waals surface area (Å²) in [6.07, 6.45) is 3.92. The fourth-order valence-electron chi connectivity index (χ4n) is 2.65. The standard InChI is InChI=1S/C21H23BrN4S/c1-4-5-19-20(16-8-10-17(22)11-9-16)24-21(27-19)25-23-14-15-6-12-18(13-7-15)26(2)3/h6-14H,4-5H2,1-3H3,(H,24,25). The van der Waals surface area contributed by atoms with Crippen molar-refractivity contribution in [2.24, 2.45) is 5.10 Å². The average molecular weight is 443 g/mol. The Labute approximate surface area is 173 Å². The number of halogens is 1. The first kappa shape index (κ1) is 19.6. The van der Waals surface area contributed by atoms with Gasteiger partial charge in [-0.3, -0.25) is 5.43 Å². The van der Waals surface area contributed by atoms with E-state index in [1.165, 1.54) is 10.6 Å². The van der Waals surface area contributed by atoms with E-state index in [4.69, 9.17) is 4.98 Å². The van der Waals surface area contributed by atoms with Gasteiger partial charge in [0.15, 0.2) is 0 Å². The summed E-state index contributed by atoms with van der Waals surface area (Å²) in [7, 11) is 4.06. The molecule has 3 aromatic rings. The van der Waals surface area contributed by atoms with Crippen molar-refractivity contribution in [1.82, 2.24) is 4.98 Å². The van der Waals surface area contributed by atoms with E-state index in [9.17, 15) is 0 Å². The van der Waals surface area contributed by atoms with Crippen LogP contribution in [0.15, 0.2) is 58.1 Å². The third-order valence-electron chi connectivity index (χ3n) is 4.08. The van der Waals surface area contributed by atoms with Crippen molar-refractivity contribution in [2.75, 3.05) is 24.4 Å². The molecule has 0 saturated heterocycles. The molecule has 0 spiro atoms. The summed E-state index contributed by atoms with van der Waals surface area (Å²) in [4.78, 5) is 8.13. The molecule has 0 fully saturated rings. The first-order chi connectivity index (χ1) is 13.1. The SMILES string of the molecule is CCCc1sc(NN=Cc2ccc(N(C)C)cc2)nc1-c1ccc(Br)cc1. The van der Waals surface area contributed by atoms with Gasteiger partial charge in [0.05, 0.1) is 11.9 Å². The molecule has 4 nitrogen and oxygen atoms in total. The van der Waals surface area contributed by atoms with E-state index >= 15 is 0 Å². The third-order valence-corrected chi connectivity index (χ3v) is 5.62. The van der Waals surface area contributed by atoms with Gasteiger partial charge in [0.2, 0.25) is 5.13 Å². The lowest BCUT2D eigenvalue weighted by Crippen LogP contribution is -2.08. The van der Waals surface area contributed by atoms with Crippen LogP contribution in [0.2, 0.25) is 0 Å². The Balaban J connectivity index is 1.74. The number of aryl methyl sites for hydroxylation is 1. The Morgan fingerprint density at radius 2 is 1.81 bits per heavy atom. The smallest absolute Gasteiger partial charge is 0.204 e. The van der Waals surface area contributed by atoms with E-state index in [0.717, 1.165) is 39.3 Å². The Bertz CT molecular complexity index is 899. The highest BCUT2D eigenvalue weighted by molar-refractivity contribution is 9.10. The lowest BCUT2D eigenvalue weighted by Gasteiger charge is -2.11. The number of anilines is 2. The fraction of sp³-hybridized carbons (Fsp3) is 0.238. The van der Waals surface area contributed by atoms with Crippen LogP contribution < -0.4 is 10.3 Å². The molecule has 3 rings (SSSR count). The quantitative estimate of drug-likeness (QED) is 0.358. The van der Waals surface area contributed by atoms with Gasteiger partial charge in [-0.25, -0.2) is 4.98 Å². The molecule has 1 aromatic heterocycles. The van der Waals surface area contributed by atoms with Crippen LogP contribution in [-0.2, 0) is 6.42 Å². The number of nitrogens with one attached hydrogen (secondary N) is 1. The van der Waals surface area contributed by atoms with Gasteiger partial charge in [-0.2, -0.15) is 5.10 Å². The Morgan fingerprint density at radius 1 is 1.11 bits per heavy atom. The molecule has 0 aliphatic heterocycles. The highest BCUT2D eigenvalue weighted by Gasteiger charge is 2.12. The number of hydrogen-bond donors (Lipinski definition) is 1. The van der Waals surface area contributed by atoms with Crippen molar-refractivity contribution < 1.29 is 0 Å². The van der Waals surface area contributed by atoms with Crippen LogP contribution in [0.4, 0.5) is 10.8 Å². The van der Waals surface area contributed by atoms with E-state index in [-0.39, 0.29) is 0 Å². The third kappa shape index (κ3) is 5.17. The van der Waals surface area contributed by atoms with Crippen molar-refractivity contribution in [3.8, 4) is 11.3 Å². The minimum atomic E-state index is 0.817. The van der Waals surface area contributed by atoms with Crippen LogP contribution in [0.1, 0.15) is 23.8 Å². The lowest BCUT2D eigenvalue weighted by molar-refractivity contribution is 0.938. The summed E-state index contributed by atoms with van der Waals surface area (Å²) >= 11 is 5.16. The van der Waals surface area contributed by atoms with Crippen molar-refractivity contribution in [3.63, 3.8) is 0 Å². The van der Waals surface area contributed by atoms with E-state index in [1.54, 1.807) is 11.3 Å². The first-order valence-electron chi connectivity index (χ1n) is 8.89. The van der Waals surface area contributed by atoms with Crippen molar-refractivity contribution in [1.29, 1.82) is 0 Å². The number of rotatable bonds is 7. The van der Waals surface area contributed by atoms with Crippen LogP contribution in [0.25, 0.3) is 11.3 Å². The molecule has 0 amide bonds. The van der Waals surface area contributed by atoms with E-state index in [2.05, 4.69) is 74.7 Å². The summed E-state index contributed by atoms with van der Waals surface area (Å²) in [5.74, 6) is 0. The Hall–Kier alpha value is -2.18.